The van der Waals surface area contributed by atoms with Crippen LogP contribution >= 0.6 is 0 Å². The first-order valence-electron chi connectivity index (χ1n) is 5.80. The van der Waals surface area contributed by atoms with Gasteiger partial charge in [-0.25, -0.2) is 0 Å². The molecule has 2 aromatic rings. The highest BCUT2D eigenvalue weighted by Crippen LogP contribution is 2.36. The van der Waals surface area contributed by atoms with Crippen LogP contribution < -0.4 is 4.74 Å². The fraction of sp³-hybridized carbons (Fsp3) is 0.125. The molecule has 0 unspecified atom stereocenters. The van der Waals surface area contributed by atoms with Gasteiger partial charge in [0.05, 0.1) is 7.11 Å². The highest BCUT2D eigenvalue weighted by atomic mass is 16.5. The van der Waals surface area contributed by atoms with Crippen molar-refractivity contribution in [3.05, 3.63) is 65.2 Å². The Balaban J connectivity index is 2.04. The second kappa shape index (κ2) is 4.10. The standard InChI is InChI=1S/C16H14O/c1-17-16-9-5-8-13-10-14(11-15(13)16)12-6-3-2-4-7-12/h2-9,11H,10H2,1H3. The minimum Gasteiger partial charge on any atom is -0.496 e. The molecule has 1 aliphatic carbocycles. The Morgan fingerprint density at radius 3 is 2.53 bits per heavy atom. The molecular weight excluding hydrogens is 208 g/mol. The number of fused-ring (bicyclic) bond motifs is 1. The monoisotopic (exact) mass is 222 g/mol. The van der Waals surface area contributed by atoms with Crippen molar-refractivity contribution < 1.29 is 4.74 Å². The van der Waals surface area contributed by atoms with Crippen LogP contribution in [0.2, 0.25) is 0 Å². The van der Waals surface area contributed by atoms with Crippen LogP contribution in [0.25, 0.3) is 11.6 Å². The fourth-order valence-corrected chi connectivity index (χ4v) is 2.35. The van der Waals surface area contributed by atoms with Gasteiger partial charge in [-0.05, 0) is 35.3 Å². The Kier molecular flexibility index (Phi) is 2.45. The number of benzene rings is 2. The molecule has 1 nitrogen and oxygen atoms in total. The van der Waals surface area contributed by atoms with Gasteiger partial charge in [-0.2, -0.15) is 0 Å². The Hall–Kier alpha value is -2.02. The van der Waals surface area contributed by atoms with Gasteiger partial charge in [0.1, 0.15) is 5.75 Å². The van der Waals surface area contributed by atoms with E-state index in [0.29, 0.717) is 0 Å². The van der Waals surface area contributed by atoms with Crippen LogP contribution in [-0.4, -0.2) is 7.11 Å². The largest absolute Gasteiger partial charge is 0.496 e. The molecule has 17 heavy (non-hydrogen) atoms. The first-order valence-corrected chi connectivity index (χ1v) is 5.80. The lowest BCUT2D eigenvalue weighted by atomic mass is 10.0. The highest BCUT2D eigenvalue weighted by molar-refractivity contribution is 5.90. The molecule has 0 spiro atoms. The predicted molar refractivity (Wildman–Crippen MR) is 71.0 cm³/mol. The van der Waals surface area contributed by atoms with Crippen LogP contribution in [0, 0.1) is 0 Å². The second-order valence-electron chi connectivity index (χ2n) is 4.25. The van der Waals surface area contributed by atoms with E-state index in [4.69, 9.17) is 4.74 Å². The summed E-state index contributed by atoms with van der Waals surface area (Å²) in [4.78, 5) is 0. The summed E-state index contributed by atoms with van der Waals surface area (Å²) in [5.41, 5.74) is 5.24. The summed E-state index contributed by atoms with van der Waals surface area (Å²) in [5.74, 6) is 0.966. The van der Waals surface area contributed by atoms with Crippen molar-refractivity contribution in [3.8, 4) is 5.75 Å². The van der Waals surface area contributed by atoms with Crippen molar-refractivity contribution in [3.63, 3.8) is 0 Å². The van der Waals surface area contributed by atoms with Gasteiger partial charge < -0.3 is 4.74 Å². The first kappa shape index (κ1) is 10.2. The number of hydrogen-bond acceptors (Lipinski definition) is 1. The van der Waals surface area contributed by atoms with E-state index in [2.05, 4.69) is 42.5 Å². The van der Waals surface area contributed by atoms with Crippen LogP contribution in [0.15, 0.2) is 48.5 Å². The van der Waals surface area contributed by atoms with Crippen LogP contribution in [0.3, 0.4) is 0 Å². The van der Waals surface area contributed by atoms with E-state index in [0.717, 1.165) is 12.2 Å². The summed E-state index contributed by atoms with van der Waals surface area (Å²) < 4.78 is 5.40. The number of ether oxygens (including phenoxy) is 1. The van der Waals surface area contributed by atoms with E-state index in [9.17, 15) is 0 Å². The lowest BCUT2D eigenvalue weighted by molar-refractivity contribution is 0.413. The number of rotatable bonds is 2. The molecule has 1 heteroatoms. The van der Waals surface area contributed by atoms with E-state index in [1.54, 1.807) is 7.11 Å². The summed E-state index contributed by atoms with van der Waals surface area (Å²) in [7, 11) is 1.73. The third-order valence-electron chi connectivity index (χ3n) is 3.22. The van der Waals surface area contributed by atoms with Crippen molar-refractivity contribution in [2.45, 2.75) is 6.42 Å². The molecule has 0 saturated heterocycles. The van der Waals surface area contributed by atoms with Gasteiger partial charge in [-0.3, -0.25) is 0 Å². The summed E-state index contributed by atoms with van der Waals surface area (Å²) in [6, 6.07) is 16.8. The van der Waals surface area contributed by atoms with Gasteiger partial charge in [0, 0.05) is 5.56 Å². The summed E-state index contributed by atoms with van der Waals surface area (Å²) in [6.07, 6.45) is 3.24. The molecular formula is C16H14O. The zero-order valence-corrected chi connectivity index (χ0v) is 9.81. The van der Waals surface area contributed by atoms with Crippen molar-refractivity contribution >= 4 is 11.6 Å². The highest BCUT2D eigenvalue weighted by Gasteiger charge is 2.16. The zero-order chi connectivity index (χ0) is 11.7. The lowest BCUT2D eigenvalue weighted by Crippen LogP contribution is -1.89. The summed E-state index contributed by atoms with van der Waals surface area (Å²) >= 11 is 0. The Morgan fingerprint density at radius 2 is 1.76 bits per heavy atom. The molecule has 0 atom stereocenters. The molecule has 0 N–H and O–H groups in total. The van der Waals surface area contributed by atoms with Gasteiger partial charge in [-0.1, -0.05) is 42.5 Å². The zero-order valence-electron chi connectivity index (χ0n) is 9.81. The Labute approximate surface area is 101 Å². The quantitative estimate of drug-likeness (QED) is 0.751. The molecule has 0 amide bonds. The van der Waals surface area contributed by atoms with E-state index in [1.165, 1.54) is 22.3 Å². The van der Waals surface area contributed by atoms with Crippen molar-refractivity contribution in [2.24, 2.45) is 0 Å². The molecule has 0 fully saturated rings. The third kappa shape index (κ3) is 1.74. The Bertz CT molecular complexity index is 567. The number of methoxy groups -OCH3 is 1. The maximum absolute atomic E-state index is 5.40. The molecule has 0 bridgehead atoms. The molecule has 2 aromatic carbocycles. The van der Waals surface area contributed by atoms with E-state index >= 15 is 0 Å². The molecule has 0 radical (unpaired) electrons. The maximum atomic E-state index is 5.40. The second-order valence-corrected chi connectivity index (χ2v) is 4.25. The maximum Gasteiger partial charge on any atom is 0.126 e. The summed E-state index contributed by atoms with van der Waals surface area (Å²) in [6.45, 7) is 0. The average molecular weight is 222 g/mol. The van der Waals surface area contributed by atoms with Gasteiger partial charge in [0.25, 0.3) is 0 Å². The van der Waals surface area contributed by atoms with E-state index in [1.807, 2.05) is 12.1 Å². The van der Waals surface area contributed by atoms with Crippen LogP contribution in [0.1, 0.15) is 16.7 Å². The van der Waals surface area contributed by atoms with Gasteiger partial charge in [0.2, 0.25) is 0 Å². The number of allylic oxidation sites excluding steroid dienone is 1. The lowest BCUT2D eigenvalue weighted by Gasteiger charge is -2.04. The van der Waals surface area contributed by atoms with E-state index in [-0.39, 0.29) is 0 Å². The van der Waals surface area contributed by atoms with Crippen LogP contribution in [0.4, 0.5) is 0 Å². The Morgan fingerprint density at radius 1 is 0.941 bits per heavy atom. The number of hydrogen-bond donors (Lipinski definition) is 0. The van der Waals surface area contributed by atoms with Crippen molar-refractivity contribution in [1.29, 1.82) is 0 Å². The van der Waals surface area contributed by atoms with Crippen molar-refractivity contribution in [2.75, 3.05) is 7.11 Å². The fourth-order valence-electron chi connectivity index (χ4n) is 2.35. The van der Waals surface area contributed by atoms with Crippen LogP contribution in [0.5, 0.6) is 5.75 Å². The smallest absolute Gasteiger partial charge is 0.126 e. The minimum absolute atomic E-state index is 0.966. The minimum atomic E-state index is 0.966. The average Bonchev–Trinajstić information content (AvgIpc) is 2.83. The van der Waals surface area contributed by atoms with Gasteiger partial charge in [0.15, 0.2) is 0 Å². The summed E-state index contributed by atoms with van der Waals surface area (Å²) in [5, 5.41) is 0. The third-order valence-corrected chi connectivity index (χ3v) is 3.22. The normalized spacial score (nSPS) is 13.1. The predicted octanol–water partition coefficient (Wildman–Crippen LogP) is 3.79. The molecule has 84 valence electrons. The van der Waals surface area contributed by atoms with Gasteiger partial charge in [-0.15, -0.1) is 0 Å². The molecule has 1 aliphatic rings. The molecule has 3 rings (SSSR count). The molecule has 0 aliphatic heterocycles. The molecule has 0 heterocycles. The molecule has 0 aromatic heterocycles. The SMILES string of the molecule is COc1cccc2c1C=C(c1ccccc1)C2. The molecule has 0 saturated carbocycles. The van der Waals surface area contributed by atoms with Crippen LogP contribution in [-0.2, 0) is 6.42 Å². The first-order chi connectivity index (χ1) is 8.38. The van der Waals surface area contributed by atoms with Gasteiger partial charge >= 0.3 is 0 Å². The van der Waals surface area contributed by atoms with E-state index < -0.39 is 0 Å². The topological polar surface area (TPSA) is 9.23 Å². The van der Waals surface area contributed by atoms with Crippen molar-refractivity contribution in [1.82, 2.24) is 0 Å².